The van der Waals surface area contributed by atoms with Gasteiger partial charge in [0, 0.05) is 23.5 Å². The molecule has 2 rings (SSSR count). The van der Waals surface area contributed by atoms with Crippen LogP contribution in [0.4, 0.5) is 11.4 Å². The van der Waals surface area contributed by atoms with Gasteiger partial charge in [-0.05, 0) is 42.8 Å². The molecule has 2 aromatic rings. The molecule has 0 amide bonds. The van der Waals surface area contributed by atoms with E-state index in [0.717, 1.165) is 11.3 Å². The number of Topliss-reactive ketones (excluding diaryl/α,β-unsaturated/α-hetero) is 1. The number of benzene rings is 2. The number of hydrogen-bond acceptors (Lipinski definition) is 4. The van der Waals surface area contributed by atoms with E-state index >= 15 is 0 Å². The van der Waals surface area contributed by atoms with Crippen molar-refractivity contribution in [3.05, 3.63) is 59.2 Å². The fourth-order valence-corrected chi connectivity index (χ4v) is 1.95. The third-order valence-electron chi connectivity index (χ3n) is 2.98. The van der Waals surface area contributed by atoms with Gasteiger partial charge in [-0.3, -0.25) is 4.79 Å². The molecule has 0 aliphatic heterocycles. The van der Waals surface area contributed by atoms with Crippen molar-refractivity contribution in [1.29, 1.82) is 5.26 Å². The molecule has 3 N–H and O–H groups in total. The van der Waals surface area contributed by atoms with Crippen molar-refractivity contribution < 1.29 is 4.79 Å². The molecule has 2 aromatic carbocycles. The molecule has 0 aliphatic rings. The highest BCUT2D eigenvalue weighted by molar-refractivity contribution is 5.99. The molecule has 100 valence electrons. The highest BCUT2D eigenvalue weighted by Gasteiger charge is 2.05. The lowest BCUT2D eigenvalue weighted by molar-refractivity contribution is 0.101. The molecule has 4 nitrogen and oxygen atoms in total. The SMILES string of the molecule is CC(=O)c1ccc(NCc2cccc(C#N)c2)cc1N. The van der Waals surface area contributed by atoms with Crippen LogP contribution in [0.25, 0.3) is 0 Å². The van der Waals surface area contributed by atoms with Crippen molar-refractivity contribution in [3.8, 4) is 6.07 Å². The van der Waals surface area contributed by atoms with Gasteiger partial charge in [-0.25, -0.2) is 0 Å². The number of nitrogens with two attached hydrogens (primary N) is 1. The number of nitrogens with one attached hydrogen (secondary N) is 1. The highest BCUT2D eigenvalue weighted by atomic mass is 16.1. The molecule has 0 aromatic heterocycles. The Bertz CT molecular complexity index is 686. The average molecular weight is 265 g/mol. The number of hydrogen-bond donors (Lipinski definition) is 2. The Balaban J connectivity index is 2.09. The van der Waals surface area contributed by atoms with Crippen LogP contribution in [0, 0.1) is 11.3 Å². The highest BCUT2D eigenvalue weighted by Crippen LogP contribution is 2.19. The minimum atomic E-state index is -0.0456. The molecular weight excluding hydrogens is 250 g/mol. The third-order valence-corrected chi connectivity index (χ3v) is 2.98. The molecule has 0 fully saturated rings. The minimum Gasteiger partial charge on any atom is -0.398 e. The Hall–Kier alpha value is -2.80. The third kappa shape index (κ3) is 3.15. The second kappa shape index (κ2) is 5.89. The van der Waals surface area contributed by atoms with Gasteiger partial charge in [-0.15, -0.1) is 0 Å². The zero-order valence-corrected chi connectivity index (χ0v) is 11.2. The van der Waals surface area contributed by atoms with Crippen LogP contribution in [0.5, 0.6) is 0 Å². The fraction of sp³-hybridized carbons (Fsp3) is 0.125. The molecule has 0 unspecified atom stereocenters. The van der Waals surface area contributed by atoms with E-state index in [2.05, 4.69) is 11.4 Å². The van der Waals surface area contributed by atoms with Crippen molar-refractivity contribution in [2.75, 3.05) is 11.1 Å². The molecule has 20 heavy (non-hydrogen) atoms. The van der Waals surface area contributed by atoms with Gasteiger partial charge in [0.25, 0.3) is 0 Å². The molecule has 0 atom stereocenters. The Kier molecular flexibility index (Phi) is 4.02. The summed E-state index contributed by atoms with van der Waals surface area (Å²) >= 11 is 0. The first-order valence-corrected chi connectivity index (χ1v) is 6.23. The molecule has 0 radical (unpaired) electrons. The van der Waals surface area contributed by atoms with Crippen LogP contribution < -0.4 is 11.1 Å². The summed E-state index contributed by atoms with van der Waals surface area (Å²) in [6, 6.07) is 14.8. The summed E-state index contributed by atoms with van der Waals surface area (Å²) in [5.41, 5.74) is 9.32. The van der Waals surface area contributed by atoms with Crippen molar-refractivity contribution in [3.63, 3.8) is 0 Å². The Morgan fingerprint density at radius 3 is 2.75 bits per heavy atom. The number of rotatable bonds is 4. The minimum absolute atomic E-state index is 0.0456. The first-order valence-electron chi connectivity index (χ1n) is 6.23. The standard InChI is InChI=1S/C16H15N3O/c1-11(20)15-6-5-14(8-16(15)18)19-10-13-4-2-3-12(7-13)9-17/h2-8,19H,10,18H2,1H3. The average Bonchev–Trinajstić information content (AvgIpc) is 2.45. The summed E-state index contributed by atoms with van der Waals surface area (Å²) in [4.78, 5) is 11.3. The maximum Gasteiger partial charge on any atom is 0.161 e. The van der Waals surface area contributed by atoms with E-state index in [4.69, 9.17) is 11.0 Å². The predicted octanol–water partition coefficient (Wildman–Crippen LogP) is 2.96. The monoisotopic (exact) mass is 265 g/mol. The van der Waals surface area contributed by atoms with Gasteiger partial charge in [0.2, 0.25) is 0 Å². The van der Waals surface area contributed by atoms with Gasteiger partial charge in [0.05, 0.1) is 11.6 Å². The lowest BCUT2D eigenvalue weighted by Crippen LogP contribution is -2.03. The Morgan fingerprint density at radius 2 is 2.10 bits per heavy atom. The number of anilines is 2. The van der Waals surface area contributed by atoms with Crippen LogP contribution in [0.3, 0.4) is 0 Å². The van der Waals surface area contributed by atoms with Crippen LogP contribution in [0.1, 0.15) is 28.4 Å². The van der Waals surface area contributed by atoms with Gasteiger partial charge in [0.15, 0.2) is 5.78 Å². The van der Waals surface area contributed by atoms with E-state index in [1.807, 2.05) is 24.3 Å². The summed E-state index contributed by atoms with van der Waals surface area (Å²) in [6.07, 6.45) is 0. The second-order valence-corrected chi connectivity index (χ2v) is 4.52. The van der Waals surface area contributed by atoms with Gasteiger partial charge in [-0.2, -0.15) is 5.26 Å². The number of nitriles is 1. The van der Waals surface area contributed by atoms with Crippen LogP contribution in [0.2, 0.25) is 0 Å². The molecule has 4 heteroatoms. The summed E-state index contributed by atoms with van der Waals surface area (Å²) < 4.78 is 0. The van der Waals surface area contributed by atoms with E-state index < -0.39 is 0 Å². The van der Waals surface area contributed by atoms with Crippen LogP contribution in [-0.4, -0.2) is 5.78 Å². The summed E-state index contributed by atoms with van der Waals surface area (Å²) in [6.45, 7) is 2.08. The van der Waals surface area contributed by atoms with Crippen molar-refractivity contribution in [2.24, 2.45) is 0 Å². The quantitative estimate of drug-likeness (QED) is 0.658. The lowest BCUT2D eigenvalue weighted by atomic mass is 10.1. The van der Waals surface area contributed by atoms with Crippen LogP contribution >= 0.6 is 0 Å². The Morgan fingerprint density at radius 1 is 1.30 bits per heavy atom. The van der Waals surface area contributed by atoms with Crippen molar-refractivity contribution >= 4 is 17.2 Å². The normalized spacial score (nSPS) is 9.80. The van der Waals surface area contributed by atoms with E-state index in [-0.39, 0.29) is 5.78 Å². The predicted molar refractivity (Wildman–Crippen MR) is 79.3 cm³/mol. The van der Waals surface area contributed by atoms with Crippen LogP contribution in [0.15, 0.2) is 42.5 Å². The van der Waals surface area contributed by atoms with Gasteiger partial charge in [-0.1, -0.05) is 12.1 Å². The number of nitrogen functional groups attached to an aromatic ring is 1. The summed E-state index contributed by atoms with van der Waals surface area (Å²) in [5.74, 6) is -0.0456. The zero-order chi connectivity index (χ0) is 14.5. The fourth-order valence-electron chi connectivity index (χ4n) is 1.95. The topological polar surface area (TPSA) is 78.9 Å². The van der Waals surface area contributed by atoms with E-state index in [9.17, 15) is 4.79 Å². The first kappa shape index (κ1) is 13.6. The molecule has 0 heterocycles. The molecule has 0 aliphatic carbocycles. The maximum absolute atomic E-state index is 11.3. The number of nitrogens with zero attached hydrogens (tertiary/aromatic N) is 1. The maximum atomic E-state index is 11.3. The molecule has 0 spiro atoms. The van der Waals surface area contributed by atoms with E-state index in [0.29, 0.717) is 23.4 Å². The summed E-state index contributed by atoms with van der Waals surface area (Å²) in [5, 5.41) is 12.1. The van der Waals surface area contributed by atoms with Gasteiger partial charge >= 0.3 is 0 Å². The largest absolute Gasteiger partial charge is 0.398 e. The number of ketones is 1. The number of carbonyl (C=O) groups is 1. The Labute approximate surface area is 117 Å². The van der Waals surface area contributed by atoms with Crippen LogP contribution in [-0.2, 0) is 6.54 Å². The van der Waals surface area contributed by atoms with E-state index in [1.54, 1.807) is 18.2 Å². The zero-order valence-electron chi connectivity index (χ0n) is 11.2. The lowest BCUT2D eigenvalue weighted by Gasteiger charge is -2.09. The molecule has 0 bridgehead atoms. The van der Waals surface area contributed by atoms with Gasteiger partial charge in [0.1, 0.15) is 0 Å². The van der Waals surface area contributed by atoms with Crippen molar-refractivity contribution in [1.82, 2.24) is 0 Å². The number of carbonyl (C=O) groups excluding carboxylic acids is 1. The molecule has 0 saturated carbocycles. The van der Waals surface area contributed by atoms with Gasteiger partial charge < -0.3 is 11.1 Å². The first-order chi connectivity index (χ1) is 9.60. The smallest absolute Gasteiger partial charge is 0.161 e. The molecule has 0 saturated heterocycles. The van der Waals surface area contributed by atoms with Crippen molar-refractivity contribution in [2.45, 2.75) is 13.5 Å². The van der Waals surface area contributed by atoms with E-state index in [1.165, 1.54) is 6.92 Å². The second-order valence-electron chi connectivity index (χ2n) is 4.52. The summed E-state index contributed by atoms with van der Waals surface area (Å²) in [7, 11) is 0. The molecular formula is C16H15N3O.